The highest BCUT2D eigenvalue weighted by atomic mass is 15.1. The third-order valence-corrected chi connectivity index (χ3v) is 3.49. The van der Waals surface area contributed by atoms with E-state index in [0.717, 1.165) is 28.5 Å². The van der Waals surface area contributed by atoms with Crippen LogP contribution in [0.4, 0.5) is 5.82 Å². The molecular weight excluding hydrogens is 250 g/mol. The van der Waals surface area contributed by atoms with Crippen molar-refractivity contribution in [2.45, 2.75) is 20.8 Å². The van der Waals surface area contributed by atoms with Crippen LogP contribution >= 0.6 is 0 Å². The Morgan fingerprint density at radius 2 is 1.75 bits per heavy atom. The summed E-state index contributed by atoms with van der Waals surface area (Å²) in [5.74, 6) is 2.36. The minimum atomic E-state index is 0.734. The molecule has 1 aromatic carbocycles. The number of imidazole rings is 1. The summed E-state index contributed by atoms with van der Waals surface area (Å²) in [6.45, 7) is 6.09. The summed E-state index contributed by atoms with van der Waals surface area (Å²) in [4.78, 5) is 13.3. The first-order valence-corrected chi connectivity index (χ1v) is 6.56. The number of nitrogens with zero attached hydrogens (tertiary/aromatic N) is 4. The van der Waals surface area contributed by atoms with Gasteiger partial charge in [-0.05, 0) is 44.0 Å². The van der Waals surface area contributed by atoms with Gasteiger partial charge in [0.1, 0.15) is 23.8 Å². The number of aryl methyl sites for hydroxylation is 3. The highest BCUT2D eigenvalue weighted by molar-refractivity contribution is 5.79. The molecule has 0 amide bonds. The van der Waals surface area contributed by atoms with Crippen molar-refractivity contribution in [2.24, 2.45) is 0 Å². The molecule has 0 atom stereocenters. The van der Waals surface area contributed by atoms with Crippen molar-refractivity contribution in [1.82, 2.24) is 19.5 Å². The molecule has 102 valence electrons. The summed E-state index contributed by atoms with van der Waals surface area (Å²) in [7, 11) is 1.85. The fourth-order valence-corrected chi connectivity index (χ4v) is 2.25. The van der Waals surface area contributed by atoms with Crippen molar-refractivity contribution >= 4 is 16.9 Å². The largest absolute Gasteiger partial charge is 0.373 e. The van der Waals surface area contributed by atoms with E-state index in [1.807, 2.05) is 30.9 Å². The minimum absolute atomic E-state index is 0.734. The van der Waals surface area contributed by atoms with Crippen LogP contribution in [0.5, 0.6) is 0 Å². The number of benzene rings is 1. The normalized spacial score (nSPS) is 11.0. The maximum absolute atomic E-state index is 4.50. The zero-order valence-corrected chi connectivity index (χ0v) is 12.1. The van der Waals surface area contributed by atoms with Gasteiger partial charge in [0.05, 0.1) is 11.0 Å². The van der Waals surface area contributed by atoms with Crippen LogP contribution in [0.15, 0.2) is 24.5 Å². The Morgan fingerprint density at radius 3 is 2.50 bits per heavy atom. The van der Waals surface area contributed by atoms with E-state index in [9.17, 15) is 0 Å². The Bertz CT molecular complexity index is 788. The highest BCUT2D eigenvalue weighted by Gasteiger charge is 2.09. The molecule has 0 aliphatic carbocycles. The Kier molecular flexibility index (Phi) is 2.89. The van der Waals surface area contributed by atoms with Crippen LogP contribution in [-0.4, -0.2) is 26.6 Å². The first-order chi connectivity index (χ1) is 9.58. The molecule has 0 unspecified atom stereocenters. The van der Waals surface area contributed by atoms with Gasteiger partial charge in [-0.3, -0.25) is 4.57 Å². The van der Waals surface area contributed by atoms with Crippen LogP contribution in [0, 0.1) is 20.8 Å². The molecule has 5 heteroatoms. The topological polar surface area (TPSA) is 55.6 Å². The Hall–Kier alpha value is -2.43. The van der Waals surface area contributed by atoms with Gasteiger partial charge >= 0.3 is 0 Å². The summed E-state index contributed by atoms with van der Waals surface area (Å²) in [6.07, 6.45) is 1.81. The molecule has 0 saturated carbocycles. The first-order valence-electron chi connectivity index (χ1n) is 6.56. The molecule has 20 heavy (non-hydrogen) atoms. The predicted molar refractivity (Wildman–Crippen MR) is 80.4 cm³/mol. The van der Waals surface area contributed by atoms with Crippen molar-refractivity contribution in [1.29, 1.82) is 0 Å². The van der Waals surface area contributed by atoms with Gasteiger partial charge in [-0.25, -0.2) is 15.0 Å². The van der Waals surface area contributed by atoms with E-state index >= 15 is 0 Å². The fourth-order valence-electron chi connectivity index (χ4n) is 2.25. The molecule has 5 nitrogen and oxygen atoms in total. The number of hydrogen-bond donors (Lipinski definition) is 1. The van der Waals surface area contributed by atoms with Crippen molar-refractivity contribution in [2.75, 3.05) is 12.4 Å². The van der Waals surface area contributed by atoms with E-state index in [4.69, 9.17) is 0 Å². The van der Waals surface area contributed by atoms with Gasteiger partial charge in [-0.2, -0.15) is 0 Å². The van der Waals surface area contributed by atoms with Gasteiger partial charge in [0, 0.05) is 13.1 Å². The zero-order chi connectivity index (χ0) is 14.3. The summed E-state index contributed by atoms with van der Waals surface area (Å²) < 4.78 is 2.00. The van der Waals surface area contributed by atoms with Crippen LogP contribution in [0.1, 0.15) is 17.0 Å². The number of rotatable bonds is 2. The van der Waals surface area contributed by atoms with Gasteiger partial charge < -0.3 is 5.32 Å². The lowest BCUT2D eigenvalue weighted by Crippen LogP contribution is -2.03. The summed E-state index contributed by atoms with van der Waals surface area (Å²) >= 11 is 0. The second-order valence-electron chi connectivity index (χ2n) is 4.95. The third-order valence-electron chi connectivity index (χ3n) is 3.49. The highest BCUT2D eigenvalue weighted by Crippen LogP contribution is 2.21. The van der Waals surface area contributed by atoms with E-state index in [0.29, 0.717) is 0 Å². The Morgan fingerprint density at radius 1 is 1.00 bits per heavy atom. The number of fused-ring (bicyclic) bond motifs is 1. The van der Waals surface area contributed by atoms with E-state index in [1.165, 1.54) is 11.1 Å². The third kappa shape index (κ3) is 2.01. The predicted octanol–water partition coefficient (Wildman–Crippen LogP) is 2.78. The lowest BCUT2D eigenvalue weighted by atomic mass is 10.1. The fraction of sp³-hybridized carbons (Fsp3) is 0.267. The molecule has 0 aliphatic rings. The summed E-state index contributed by atoms with van der Waals surface area (Å²) in [5.41, 5.74) is 4.54. The van der Waals surface area contributed by atoms with Crippen LogP contribution in [0.25, 0.3) is 16.9 Å². The Balaban J connectivity index is 2.24. The first kappa shape index (κ1) is 12.6. The number of hydrogen-bond acceptors (Lipinski definition) is 4. The lowest BCUT2D eigenvalue weighted by Gasteiger charge is -2.08. The van der Waals surface area contributed by atoms with Crippen LogP contribution in [-0.2, 0) is 0 Å². The van der Waals surface area contributed by atoms with Gasteiger partial charge in [0.15, 0.2) is 0 Å². The van der Waals surface area contributed by atoms with Crippen LogP contribution in [0.3, 0.4) is 0 Å². The number of anilines is 1. The summed E-state index contributed by atoms with van der Waals surface area (Å²) in [6, 6.07) is 6.17. The molecule has 2 aromatic heterocycles. The van der Waals surface area contributed by atoms with Crippen molar-refractivity contribution in [3.63, 3.8) is 0 Å². The SMILES string of the molecule is CNc1cc(-n2cnc3cc(C)c(C)cc32)nc(C)n1. The molecule has 0 aliphatic heterocycles. The number of aromatic nitrogens is 4. The van der Waals surface area contributed by atoms with E-state index < -0.39 is 0 Å². The smallest absolute Gasteiger partial charge is 0.144 e. The average molecular weight is 267 g/mol. The Labute approximate surface area is 117 Å². The maximum atomic E-state index is 4.50. The van der Waals surface area contributed by atoms with Gasteiger partial charge in [-0.15, -0.1) is 0 Å². The summed E-state index contributed by atoms with van der Waals surface area (Å²) in [5, 5.41) is 3.05. The van der Waals surface area contributed by atoms with E-state index in [1.54, 1.807) is 0 Å². The number of nitrogens with one attached hydrogen (secondary N) is 1. The van der Waals surface area contributed by atoms with Crippen molar-refractivity contribution in [3.05, 3.63) is 41.5 Å². The van der Waals surface area contributed by atoms with E-state index in [-0.39, 0.29) is 0 Å². The van der Waals surface area contributed by atoms with Crippen LogP contribution < -0.4 is 5.32 Å². The molecular formula is C15H17N5. The average Bonchev–Trinajstić information content (AvgIpc) is 2.81. The van der Waals surface area contributed by atoms with Gasteiger partial charge in [0.2, 0.25) is 0 Å². The molecule has 2 heterocycles. The maximum Gasteiger partial charge on any atom is 0.144 e. The van der Waals surface area contributed by atoms with E-state index in [2.05, 4.69) is 46.2 Å². The second kappa shape index (κ2) is 4.59. The standard InChI is InChI=1S/C15H17N5/c1-9-5-12-13(6-10(9)2)20(8-17-12)15-7-14(16-4)18-11(3)19-15/h5-8H,1-4H3,(H,16,18,19). The van der Waals surface area contributed by atoms with Crippen molar-refractivity contribution < 1.29 is 0 Å². The molecule has 3 rings (SSSR count). The van der Waals surface area contributed by atoms with Crippen LogP contribution in [0.2, 0.25) is 0 Å². The van der Waals surface area contributed by atoms with Gasteiger partial charge in [-0.1, -0.05) is 0 Å². The second-order valence-corrected chi connectivity index (χ2v) is 4.95. The molecule has 0 spiro atoms. The molecule has 3 aromatic rings. The molecule has 0 bridgehead atoms. The molecule has 1 N–H and O–H groups in total. The molecule has 0 fully saturated rings. The molecule has 0 saturated heterocycles. The lowest BCUT2D eigenvalue weighted by molar-refractivity contribution is 0.955. The molecule has 0 radical (unpaired) electrons. The van der Waals surface area contributed by atoms with Gasteiger partial charge in [0.25, 0.3) is 0 Å². The van der Waals surface area contributed by atoms with Crippen molar-refractivity contribution in [3.8, 4) is 5.82 Å². The minimum Gasteiger partial charge on any atom is -0.373 e. The quantitative estimate of drug-likeness (QED) is 0.775. The monoisotopic (exact) mass is 267 g/mol. The zero-order valence-electron chi connectivity index (χ0n) is 12.1.